The summed E-state index contributed by atoms with van der Waals surface area (Å²) < 4.78 is 65.1. The number of nitrogen functional groups attached to an aromatic ring is 1. The third-order valence-corrected chi connectivity index (χ3v) is 7.27. The number of anilines is 3. The highest BCUT2D eigenvalue weighted by atomic mass is 19.3. The fourth-order valence-corrected chi connectivity index (χ4v) is 5.68. The summed E-state index contributed by atoms with van der Waals surface area (Å²) >= 11 is 0. The molecule has 4 saturated heterocycles. The van der Waals surface area contributed by atoms with Crippen molar-refractivity contribution in [2.45, 2.75) is 56.4 Å². The first kappa shape index (κ1) is 21.6. The molecule has 5 aliphatic rings. The van der Waals surface area contributed by atoms with Crippen LogP contribution < -0.4 is 20.3 Å². The van der Waals surface area contributed by atoms with Gasteiger partial charge in [-0.2, -0.15) is 13.8 Å². The Hall–Kier alpha value is -2.89. The predicted octanol–water partition coefficient (Wildman–Crippen LogP) is 3.32. The molecule has 2 unspecified atom stereocenters. The molecule has 4 aliphatic heterocycles. The first-order chi connectivity index (χ1) is 16.3. The number of nitrogens with zero attached hydrogens (tertiary/aromatic N) is 5. The lowest BCUT2D eigenvalue weighted by molar-refractivity contribution is -0.0494. The van der Waals surface area contributed by atoms with E-state index < -0.39 is 18.6 Å². The molecule has 2 N–H and O–H groups in total. The van der Waals surface area contributed by atoms with Crippen molar-refractivity contribution in [1.82, 2.24) is 15.0 Å². The average Bonchev–Trinajstić information content (AvgIpc) is 3.37. The van der Waals surface area contributed by atoms with Gasteiger partial charge in [0.25, 0.3) is 5.92 Å². The van der Waals surface area contributed by atoms with Crippen LogP contribution in [0.2, 0.25) is 0 Å². The van der Waals surface area contributed by atoms with Crippen LogP contribution in [0.15, 0.2) is 18.3 Å². The number of aromatic nitrogens is 3. The Labute approximate surface area is 193 Å². The molecule has 2 aromatic heterocycles. The molecule has 0 aromatic carbocycles. The predicted molar refractivity (Wildman–Crippen MR) is 115 cm³/mol. The number of hydrogen-bond donors (Lipinski definition) is 1. The third kappa shape index (κ3) is 3.68. The zero-order valence-electron chi connectivity index (χ0n) is 18.2. The summed E-state index contributed by atoms with van der Waals surface area (Å²) in [6.45, 7) is -1.40. The van der Waals surface area contributed by atoms with E-state index in [0.29, 0.717) is 43.2 Å². The number of rotatable bonds is 5. The molecule has 1 saturated carbocycles. The van der Waals surface area contributed by atoms with Crippen molar-refractivity contribution in [3.8, 4) is 17.0 Å². The molecule has 5 fully saturated rings. The number of piperidine rings is 2. The first-order valence-electron chi connectivity index (χ1n) is 11.4. The molecule has 8 nitrogen and oxygen atoms in total. The van der Waals surface area contributed by atoms with E-state index in [2.05, 4.69) is 19.6 Å². The van der Waals surface area contributed by atoms with Crippen molar-refractivity contribution in [1.29, 1.82) is 0 Å². The number of halogens is 4. The largest absolute Gasteiger partial charge is 0.431 e. The minimum atomic E-state index is -3.07. The summed E-state index contributed by atoms with van der Waals surface area (Å²) in [7, 11) is 0. The van der Waals surface area contributed by atoms with Crippen LogP contribution in [-0.4, -0.2) is 65.4 Å². The van der Waals surface area contributed by atoms with E-state index in [0.717, 1.165) is 12.8 Å². The van der Waals surface area contributed by atoms with Gasteiger partial charge in [-0.3, -0.25) is 0 Å². The SMILES string of the molecule is Nc1ncc(-c2cc(N3C[C@@H]4CC[C@H]3CO4)nc(N3CC4CC3C(F)(F)C4)n2)cc1OC(F)F. The van der Waals surface area contributed by atoms with Crippen LogP contribution >= 0.6 is 0 Å². The van der Waals surface area contributed by atoms with E-state index in [4.69, 9.17) is 15.5 Å². The highest BCUT2D eigenvalue weighted by Gasteiger charge is 2.57. The van der Waals surface area contributed by atoms with Crippen LogP contribution in [0, 0.1) is 5.92 Å². The van der Waals surface area contributed by atoms with Crippen LogP contribution in [0.25, 0.3) is 11.3 Å². The fourth-order valence-electron chi connectivity index (χ4n) is 5.68. The van der Waals surface area contributed by atoms with Crippen molar-refractivity contribution in [2.75, 3.05) is 35.2 Å². The molecule has 12 heteroatoms. The number of hydrogen-bond acceptors (Lipinski definition) is 8. The van der Waals surface area contributed by atoms with Gasteiger partial charge in [0.05, 0.1) is 30.5 Å². The van der Waals surface area contributed by atoms with Gasteiger partial charge in [0.15, 0.2) is 11.6 Å². The quantitative estimate of drug-likeness (QED) is 0.652. The molecular formula is C22H24F4N6O2. The van der Waals surface area contributed by atoms with Crippen LogP contribution in [0.4, 0.5) is 35.1 Å². The Balaban J connectivity index is 1.42. The molecule has 4 atom stereocenters. The molecule has 0 spiro atoms. The fraction of sp³-hybridized carbons (Fsp3) is 0.591. The summed E-state index contributed by atoms with van der Waals surface area (Å²) in [5, 5.41) is 0. The van der Waals surface area contributed by atoms with Gasteiger partial charge < -0.3 is 25.0 Å². The van der Waals surface area contributed by atoms with Gasteiger partial charge in [-0.15, -0.1) is 0 Å². The Morgan fingerprint density at radius 1 is 1.15 bits per heavy atom. The zero-order valence-corrected chi connectivity index (χ0v) is 18.2. The second-order valence-electron chi connectivity index (χ2n) is 9.47. The molecule has 0 radical (unpaired) electrons. The van der Waals surface area contributed by atoms with Crippen molar-refractivity contribution in [2.24, 2.45) is 5.92 Å². The maximum absolute atomic E-state index is 14.6. The van der Waals surface area contributed by atoms with Crippen LogP contribution in [0.3, 0.4) is 0 Å². The van der Waals surface area contributed by atoms with Crippen molar-refractivity contribution in [3.05, 3.63) is 18.3 Å². The lowest BCUT2D eigenvalue weighted by atomic mass is 9.97. The van der Waals surface area contributed by atoms with E-state index in [-0.39, 0.29) is 42.0 Å². The van der Waals surface area contributed by atoms with Crippen molar-refractivity contribution >= 4 is 17.6 Å². The molecule has 7 rings (SSSR count). The summed E-state index contributed by atoms with van der Waals surface area (Å²) in [5.41, 5.74) is 6.44. The first-order valence-corrected chi connectivity index (χ1v) is 11.4. The number of nitrogens with two attached hydrogens (primary N) is 1. The highest BCUT2D eigenvalue weighted by molar-refractivity contribution is 5.68. The molecule has 4 bridgehead atoms. The summed E-state index contributed by atoms with van der Waals surface area (Å²) in [4.78, 5) is 17.0. The number of fused-ring (bicyclic) bond motifs is 5. The van der Waals surface area contributed by atoms with Gasteiger partial charge in [0.2, 0.25) is 5.95 Å². The second-order valence-corrected chi connectivity index (χ2v) is 9.47. The van der Waals surface area contributed by atoms with Gasteiger partial charge in [0, 0.05) is 37.3 Å². The van der Waals surface area contributed by atoms with Crippen LogP contribution in [0.1, 0.15) is 25.7 Å². The standard InChI is InChI=1S/C22H24F4N6O2/c23-20(24)34-16-4-12(7-28-19(16)27)15-5-18(31-9-14-2-1-13(31)10-33-14)30-21(29-15)32-8-11-3-17(32)22(25,26)6-11/h4-5,7,11,13-14,17,20H,1-3,6,8-10H2,(H2,27,28)/t11?,13-,14-,17?/m0/s1. The average molecular weight is 480 g/mol. The normalized spacial score (nSPS) is 29.3. The minimum absolute atomic E-state index is 0.0863. The van der Waals surface area contributed by atoms with Crippen molar-refractivity contribution in [3.63, 3.8) is 0 Å². The Kier molecular flexibility index (Phi) is 4.98. The summed E-state index contributed by atoms with van der Waals surface area (Å²) in [6, 6.07) is 2.24. The Morgan fingerprint density at radius 2 is 2.00 bits per heavy atom. The van der Waals surface area contributed by atoms with Gasteiger partial charge in [-0.25, -0.2) is 18.7 Å². The van der Waals surface area contributed by atoms with E-state index in [1.54, 1.807) is 11.0 Å². The number of ether oxygens (including phenoxy) is 2. The summed E-state index contributed by atoms with van der Waals surface area (Å²) in [6.07, 6.45) is 3.67. The topological polar surface area (TPSA) is 89.6 Å². The number of morpholine rings is 1. The van der Waals surface area contributed by atoms with E-state index >= 15 is 0 Å². The Bertz CT molecular complexity index is 1100. The number of pyridine rings is 1. The molecule has 6 heterocycles. The van der Waals surface area contributed by atoms with Crippen LogP contribution in [-0.2, 0) is 4.74 Å². The Morgan fingerprint density at radius 3 is 2.65 bits per heavy atom. The van der Waals surface area contributed by atoms with E-state index in [1.165, 1.54) is 12.3 Å². The lowest BCUT2D eigenvalue weighted by Crippen LogP contribution is -2.55. The van der Waals surface area contributed by atoms with Gasteiger partial charge >= 0.3 is 6.61 Å². The maximum Gasteiger partial charge on any atom is 0.387 e. The molecule has 1 aliphatic carbocycles. The minimum Gasteiger partial charge on any atom is -0.431 e. The highest BCUT2D eigenvalue weighted by Crippen LogP contribution is 2.49. The second kappa shape index (κ2) is 7.82. The third-order valence-electron chi connectivity index (χ3n) is 7.27. The van der Waals surface area contributed by atoms with E-state index in [1.807, 2.05) is 0 Å². The lowest BCUT2D eigenvalue weighted by Gasteiger charge is -2.46. The van der Waals surface area contributed by atoms with E-state index in [9.17, 15) is 17.6 Å². The monoisotopic (exact) mass is 480 g/mol. The summed E-state index contributed by atoms with van der Waals surface area (Å²) in [5.74, 6) is -2.57. The molecule has 0 amide bonds. The molecule has 2 aromatic rings. The van der Waals surface area contributed by atoms with Crippen LogP contribution in [0.5, 0.6) is 5.75 Å². The van der Waals surface area contributed by atoms with Gasteiger partial charge in [0.1, 0.15) is 5.82 Å². The molecular weight excluding hydrogens is 456 g/mol. The smallest absolute Gasteiger partial charge is 0.387 e. The molecule has 182 valence electrons. The molecule has 34 heavy (non-hydrogen) atoms. The van der Waals surface area contributed by atoms with Crippen molar-refractivity contribution < 1.29 is 27.0 Å². The van der Waals surface area contributed by atoms with Gasteiger partial charge in [-0.05, 0) is 31.2 Å². The maximum atomic E-state index is 14.6. The number of alkyl halides is 4. The van der Waals surface area contributed by atoms with Gasteiger partial charge in [-0.1, -0.05) is 0 Å². The zero-order chi connectivity index (χ0) is 23.6.